The van der Waals surface area contributed by atoms with Crippen molar-refractivity contribution in [1.82, 2.24) is 24.8 Å². The van der Waals surface area contributed by atoms with Crippen LogP contribution in [0.15, 0.2) is 36.8 Å². The molecule has 144 valence electrons. The van der Waals surface area contributed by atoms with Gasteiger partial charge >= 0.3 is 0 Å². The van der Waals surface area contributed by atoms with E-state index in [1.807, 2.05) is 24.7 Å². The third kappa shape index (κ3) is 4.82. The van der Waals surface area contributed by atoms with Gasteiger partial charge in [-0.2, -0.15) is 0 Å². The smallest absolute Gasteiger partial charge is 0.222 e. The van der Waals surface area contributed by atoms with E-state index in [9.17, 15) is 0 Å². The van der Waals surface area contributed by atoms with Gasteiger partial charge in [0.15, 0.2) is 0 Å². The first-order chi connectivity index (χ1) is 13.3. The van der Waals surface area contributed by atoms with Crippen molar-refractivity contribution in [2.24, 2.45) is 5.92 Å². The summed E-state index contributed by atoms with van der Waals surface area (Å²) in [6.07, 6.45) is 9.57. The minimum Gasteiger partial charge on any atom is -0.354 e. The molecule has 2 aromatic rings. The van der Waals surface area contributed by atoms with Gasteiger partial charge in [0, 0.05) is 69.5 Å². The molecule has 5 heterocycles. The molecule has 0 aliphatic carbocycles. The number of pyridine rings is 1. The largest absolute Gasteiger partial charge is 0.354 e. The monoisotopic (exact) mass is 366 g/mol. The molecule has 2 bridgehead atoms. The molecule has 0 aromatic carbocycles. The number of nitrogens with zero attached hydrogens (tertiary/aromatic N) is 5. The number of aromatic nitrogens is 3. The number of rotatable bonds is 7. The van der Waals surface area contributed by atoms with Gasteiger partial charge in [-0.3, -0.25) is 14.8 Å². The number of hydrogen-bond donors (Lipinski definition) is 1. The van der Waals surface area contributed by atoms with Crippen molar-refractivity contribution in [2.45, 2.75) is 45.3 Å². The van der Waals surface area contributed by atoms with Crippen LogP contribution in [0.2, 0.25) is 0 Å². The Kier molecular flexibility index (Phi) is 5.94. The van der Waals surface area contributed by atoms with Gasteiger partial charge in [-0.05, 0) is 37.3 Å². The Morgan fingerprint density at radius 1 is 1.04 bits per heavy atom. The summed E-state index contributed by atoms with van der Waals surface area (Å²) in [4.78, 5) is 18.7. The van der Waals surface area contributed by atoms with Gasteiger partial charge in [-0.1, -0.05) is 13.0 Å². The Labute approximate surface area is 162 Å². The molecule has 6 nitrogen and oxygen atoms in total. The third-order valence-electron chi connectivity index (χ3n) is 5.64. The highest BCUT2D eigenvalue weighted by Gasteiger charge is 2.34. The fourth-order valence-corrected chi connectivity index (χ4v) is 4.32. The summed E-state index contributed by atoms with van der Waals surface area (Å²) in [6, 6.07) is 6.84. The first-order valence-electron chi connectivity index (χ1n) is 10.2. The van der Waals surface area contributed by atoms with Crippen LogP contribution in [0.4, 0.5) is 5.95 Å². The lowest BCUT2D eigenvalue weighted by Gasteiger charge is -2.35. The number of fused-ring (bicyclic) bond motifs is 4. The van der Waals surface area contributed by atoms with Gasteiger partial charge in [0.05, 0.1) is 5.69 Å². The zero-order valence-corrected chi connectivity index (χ0v) is 16.2. The van der Waals surface area contributed by atoms with Crippen LogP contribution >= 0.6 is 0 Å². The van der Waals surface area contributed by atoms with Gasteiger partial charge in [0.2, 0.25) is 5.95 Å². The lowest BCUT2D eigenvalue weighted by Crippen LogP contribution is -2.43. The van der Waals surface area contributed by atoms with Crippen LogP contribution in [0.1, 0.15) is 37.4 Å². The quantitative estimate of drug-likeness (QED) is 0.813. The molecule has 5 rings (SSSR count). The molecule has 2 aromatic heterocycles. The van der Waals surface area contributed by atoms with E-state index in [0.717, 1.165) is 44.5 Å². The molecule has 27 heavy (non-hydrogen) atoms. The standard InChI is InChI=1S/C21H30N6/c1-2-8-23-21-24-10-18(11-25-21)13-26-12-17-6-7-20(16-26)27(14-17)15-19-5-3-4-9-22-19/h3-5,9-11,17,20H,2,6-8,12-16H2,1H3,(H,23,24,25)/t17-,20+/m0/s1. The average Bonchev–Trinajstić information content (AvgIpc) is 2.99. The van der Waals surface area contributed by atoms with E-state index in [-0.39, 0.29) is 0 Å². The molecule has 1 N–H and O–H groups in total. The van der Waals surface area contributed by atoms with Crippen LogP contribution in [0.25, 0.3) is 0 Å². The van der Waals surface area contributed by atoms with Gasteiger partial charge in [0.1, 0.15) is 0 Å². The van der Waals surface area contributed by atoms with E-state index in [2.05, 4.69) is 49.1 Å². The Morgan fingerprint density at radius 2 is 1.93 bits per heavy atom. The summed E-state index contributed by atoms with van der Waals surface area (Å²) in [5, 5.41) is 3.24. The van der Waals surface area contributed by atoms with Crippen LogP contribution in [0.3, 0.4) is 0 Å². The Hall–Kier alpha value is -2.05. The highest BCUT2D eigenvalue weighted by molar-refractivity contribution is 5.24. The molecule has 6 heteroatoms. The lowest BCUT2D eigenvalue weighted by molar-refractivity contribution is 0.121. The molecule has 0 amide bonds. The summed E-state index contributed by atoms with van der Waals surface area (Å²) < 4.78 is 0. The second-order valence-electron chi connectivity index (χ2n) is 7.88. The minimum atomic E-state index is 0.622. The predicted molar refractivity (Wildman–Crippen MR) is 107 cm³/mol. The third-order valence-corrected chi connectivity index (χ3v) is 5.64. The topological polar surface area (TPSA) is 57.2 Å². The van der Waals surface area contributed by atoms with Gasteiger partial charge < -0.3 is 5.32 Å². The SMILES string of the molecule is CCCNc1ncc(CN2C[C@@H]3CC[C@H](C2)N(Cc2ccccn2)C3)cn1. The van der Waals surface area contributed by atoms with Crippen LogP contribution in [-0.4, -0.2) is 57.0 Å². The van der Waals surface area contributed by atoms with Gasteiger partial charge in [0.25, 0.3) is 0 Å². The summed E-state index contributed by atoms with van der Waals surface area (Å²) >= 11 is 0. The van der Waals surface area contributed by atoms with Gasteiger partial charge in [-0.25, -0.2) is 9.97 Å². The Bertz CT molecular complexity index is 704. The molecular weight excluding hydrogens is 336 g/mol. The zero-order valence-electron chi connectivity index (χ0n) is 16.2. The summed E-state index contributed by atoms with van der Waals surface area (Å²) in [5.74, 6) is 1.48. The van der Waals surface area contributed by atoms with E-state index in [0.29, 0.717) is 6.04 Å². The minimum absolute atomic E-state index is 0.622. The van der Waals surface area contributed by atoms with Crippen molar-refractivity contribution in [3.63, 3.8) is 0 Å². The zero-order chi connectivity index (χ0) is 18.5. The van der Waals surface area contributed by atoms with Crippen LogP contribution in [-0.2, 0) is 13.1 Å². The molecule has 0 radical (unpaired) electrons. The lowest BCUT2D eigenvalue weighted by atomic mass is 9.95. The summed E-state index contributed by atoms with van der Waals surface area (Å²) in [5.41, 5.74) is 2.38. The average molecular weight is 367 g/mol. The Balaban J connectivity index is 1.37. The first-order valence-corrected chi connectivity index (χ1v) is 10.2. The van der Waals surface area contributed by atoms with E-state index in [1.165, 1.54) is 37.2 Å². The predicted octanol–water partition coefficient (Wildman–Crippen LogP) is 2.79. The molecular formula is C21H30N6. The highest BCUT2D eigenvalue weighted by Crippen LogP contribution is 2.29. The van der Waals surface area contributed by atoms with Crippen LogP contribution < -0.4 is 5.32 Å². The van der Waals surface area contributed by atoms with Crippen LogP contribution in [0, 0.1) is 5.92 Å². The van der Waals surface area contributed by atoms with Crippen molar-refractivity contribution < 1.29 is 0 Å². The molecule has 3 fully saturated rings. The molecule has 2 atom stereocenters. The van der Waals surface area contributed by atoms with Gasteiger partial charge in [-0.15, -0.1) is 0 Å². The van der Waals surface area contributed by atoms with E-state index >= 15 is 0 Å². The maximum atomic E-state index is 4.53. The molecule has 3 aliphatic heterocycles. The van der Waals surface area contributed by atoms with E-state index < -0.39 is 0 Å². The van der Waals surface area contributed by atoms with Crippen molar-refractivity contribution >= 4 is 5.95 Å². The molecule has 3 saturated heterocycles. The van der Waals surface area contributed by atoms with E-state index in [4.69, 9.17) is 0 Å². The fourth-order valence-electron chi connectivity index (χ4n) is 4.32. The van der Waals surface area contributed by atoms with Crippen molar-refractivity contribution in [3.05, 3.63) is 48.0 Å². The van der Waals surface area contributed by atoms with Crippen molar-refractivity contribution in [3.8, 4) is 0 Å². The van der Waals surface area contributed by atoms with E-state index in [1.54, 1.807) is 0 Å². The molecule has 0 unspecified atom stereocenters. The molecule has 3 aliphatic rings. The number of hydrogen-bond acceptors (Lipinski definition) is 6. The highest BCUT2D eigenvalue weighted by atomic mass is 15.3. The molecule has 0 saturated carbocycles. The maximum Gasteiger partial charge on any atom is 0.222 e. The number of piperidine rings is 1. The second-order valence-corrected chi connectivity index (χ2v) is 7.88. The number of anilines is 1. The van der Waals surface area contributed by atoms with Crippen molar-refractivity contribution in [1.29, 1.82) is 0 Å². The first kappa shape index (κ1) is 18.3. The summed E-state index contributed by atoms with van der Waals surface area (Å²) in [7, 11) is 0. The fraction of sp³-hybridized carbons (Fsp3) is 0.571. The van der Waals surface area contributed by atoms with Crippen LogP contribution in [0.5, 0.6) is 0 Å². The second kappa shape index (κ2) is 8.76. The normalized spacial score (nSPS) is 23.3. The van der Waals surface area contributed by atoms with Crippen molar-refractivity contribution in [2.75, 3.05) is 31.5 Å². The Morgan fingerprint density at radius 3 is 2.70 bits per heavy atom. The maximum absolute atomic E-state index is 4.53. The summed E-state index contributed by atoms with van der Waals surface area (Å²) in [6.45, 7) is 8.46. The number of nitrogens with one attached hydrogen (secondary N) is 1. The molecule has 0 spiro atoms.